The molecule has 0 heterocycles. The molecule has 0 aliphatic heterocycles. The highest BCUT2D eigenvalue weighted by Crippen LogP contribution is 2.44. The Kier molecular flexibility index (Phi) is 18.0. The first kappa shape index (κ1) is 57.1. The Hall–Kier alpha value is -8.18. The van der Waals surface area contributed by atoms with Crippen molar-refractivity contribution < 1.29 is 55.2 Å². The first-order chi connectivity index (χ1) is 36.0. The van der Waals surface area contributed by atoms with Gasteiger partial charge in [-0.3, -0.25) is 9.11 Å². The van der Waals surface area contributed by atoms with Crippen molar-refractivity contribution in [1.29, 1.82) is 0 Å². The number of ether oxygens (including phenoxy) is 2. The van der Waals surface area contributed by atoms with E-state index in [4.69, 9.17) is 19.7 Å². The summed E-state index contributed by atoms with van der Waals surface area (Å²) in [6, 6.07) is 27.1. The second-order valence-electron chi connectivity index (χ2n) is 17.4. The van der Waals surface area contributed by atoms with Gasteiger partial charge in [-0.15, -0.1) is 0 Å². The zero-order valence-electron chi connectivity index (χ0n) is 42.8. The number of hydrogen-bond acceptors (Lipinski definition) is 16. The lowest BCUT2D eigenvalue weighted by atomic mass is 9.84. The van der Waals surface area contributed by atoms with Gasteiger partial charge in [0.25, 0.3) is 20.2 Å². The predicted octanol–water partition coefficient (Wildman–Crippen LogP) is 14.8. The van der Waals surface area contributed by atoms with Crippen LogP contribution in [0.4, 0.5) is 34.1 Å². The van der Waals surface area contributed by atoms with Gasteiger partial charge in [-0.25, -0.2) is 9.59 Å². The van der Waals surface area contributed by atoms with E-state index in [1.54, 1.807) is 43.3 Å². The zero-order chi connectivity index (χ0) is 55.6. The summed E-state index contributed by atoms with van der Waals surface area (Å²) in [5.74, 6) is -1.38. The van der Waals surface area contributed by atoms with E-state index in [2.05, 4.69) is 30.7 Å². The number of nitrogens with zero attached hydrogens (tertiary/aromatic N) is 8. The molecule has 0 saturated heterocycles. The van der Waals surface area contributed by atoms with Gasteiger partial charge >= 0.3 is 11.9 Å². The monoisotopic (exact) mass is 1070 g/mol. The van der Waals surface area contributed by atoms with Crippen LogP contribution in [-0.4, -0.2) is 62.3 Å². The number of azo groups is 4. The molecule has 6 aromatic rings. The average Bonchev–Trinajstić information content (AvgIpc) is 3.40. The predicted molar refractivity (Wildman–Crippen MR) is 286 cm³/mol. The smallest absolute Gasteiger partial charge is 0.335 e. The van der Waals surface area contributed by atoms with Crippen molar-refractivity contribution in [2.75, 3.05) is 14.2 Å². The van der Waals surface area contributed by atoms with Gasteiger partial charge in [-0.05, 0) is 146 Å². The SMILES string of the molecule is CCC(CC)(N=Nc1cc(C)c(N=Nc2ccc(C(=O)O)cc2)cc1OC)c1ccc(C=Cc2ccc(N=NC(CC)(CC)c3cc(C)c(N=Nc4ccc(C(=O)O)cc4)cc3OC)cc2S(=O)(=O)O)c(S(=O)(=O)O)c1. The second kappa shape index (κ2) is 24.0. The lowest BCUT2D eigenvalue weighted by Gasteiger charge is -2.29. The maximum atomic E-state index is 13.0. The third-order valence-electron chi connectivity index (χ3n) is 12.9. The van der Waals surface area contributed by atoms with Crippen molar-refractivity contribution in [3.63, 3.8) is 0 Å². The van der Waals surface area contributed by atoms with Crippen LogP contribution >= 0.6 is 0 Å². The summed E-state index contributed by atoms with van der Waals surface area (Å²) < 4.78 is 84.2. The minimum Gasteiger partial charge on any atom is -0.496 e. The molecule has 0 saturated carbocycles. The van der Waals surface area contributed by atoms with E-state index in [-0.39, 0.29) is 27.9 Å². The van der Waals surface area contributed by atoms with Gasteiger partial charge in [0.1, 0.15) is 38.1 Å². The molecule has 0 spiro atoms. The van der Waals surface area contributed by atoms with Crippen molar-refractivity contribution in [3.8, 4) is 11.5 Å². The molecule has 0 unspecified atom stereocenters. The Morgan fingerprint density at radius 3 is 1.39 bits per heavy atom. The summed E-state index contributed by atoms with van der Waals surface area (Å²) >= 11 is 0. The minimum atomic E-state index is -4.90. The number of hydrogen-bond donors (Lipinski definition) is 4. The van der Waals surface area contributed by atoms with Gasteiger partial charge in [-0.2, -0.15) is 57.7 Å². The van der Waals surface area contributed by atoms with E-state index in [1.165, 1.54) is 87.0 Å². The summed E-state index contributed by atoms with van der Waals surface area (Å²) in [4.78, 5) is 21.4. The molecule has 0 bridgehead atoms. The van der Waals surface area contributed by atoms with Gasteiger partial charge in [0.05, 0.1) is 53.8 Å². The van der Waals surface area contributed by atoms with E-state index in [0.29, 0.717) is 82.3 Å². The molecule has 0 aromatic heterocycles. The number of aryl methyl sites for hydroxylation is 2. The van der Waals surface area contributed by atoms with E-state index in [1.807, 2.05) is 40.7 Å². The molecule has 0 amide bonds. The number of rotatable bonds is 22. The van der Waals surface area contributed by atoms with E-state index in [0.717, 1.165) is 11.6 Å². The summed E-state index contributed by atoms with van der Waals surface area (Å²) in [6.45, 7) is 11.1. The third-order valence-corrected chi connectivity index (χ3v) is 14.7. The van der Waals surface area contributed by atoms with Crippen LogP contribution in [0.1, 0.15) is 107 Å². The molecule has 0 aliphatic carbocycles. The number of aromatic carboxylic acids is 2. The fourth-order valence-electron chi connectivity index (χ4n) is 8.19. The summed E-state index contributed by atoms with van der Waals surface area (Å²) in [5.41, 5.74) is 2.82. The topological polar surface area (TPSA) is 301 Å². The van der Waals surface area contributed by atoms with Gasteiger partial charge in [0.2, 0.25) is 0 Å². The van der Waals surface area contributed by atoms with Gasteiger partial charge < -0.3 is 19.7 Å². The van der Waals surface area contributed by atoms with Crippen molar-refractivity contribution >= 4 is 78.5 Å². The highest BCUT2D eigenvalue weighted by atomic mass is 32.2. The van der Waals surface area contributed by atoms with E-state index < -0.39 is 53.0 Å². The van der Waals surface area contributed by atoms with Crippen LogP contribution in [0.2, 0.25) is 0 Å². The van der Waals surface area contributed by atoms with E-state index >= 15 is 0 Å². The number of benzene rings is 6. The van der Waals surface area contributed by atoms with Crippen LogP contribution < -0.4 is 9.47 Å². The van der Waals surface area contributed by atoms with Crippen LogP contribution in [-0.2, 0) is 31.3 Å². The van der Waals surface area contributed by atoms with Crippen LogP contribution in [0.3, 0.4) is 0 Å². The largest absolute Gasteiger partial charge is 0.496 e. The molecule has 0 radical (unpaired) electrons. The summed E-state index contributed by atoms with van der Waals surface area (Å²) in [6.07, 6.45) is 4.16. The molecule has 4 N–H and O–H groups in total. The summed E-state index contributed by atoms with van der Waals surface area (Å²) in [5, 5.41) is 54.0. The molecular formula is C54H56N8O12S2. The highest BCUT2D eigenvalue weighted by molar-refractivity contribution is 7.86. The van der Waals surface area contributed by atoms with Crippen molar-refractivity contribution in [2.45, 2.75) is 88.1 Å². The quantitative estimate of drug-likeness (QED) is 0.0280. The average molecular weight is 1070 g/mol. The van der Waals surface area contributed by atoms with Crippen molar-refractivity contribution in [3.05, 3.63) is 154 Å². The van der Waals surface area contributed by atoms with Gasteiger partial charge in [0, 0.05) is 17.7 Å². The normalized spacial score (nSPS) is 12.7. The Morgan fingerprint density at radius 2 is 0.934 bits per heavy atom. The Morgan fingerprint density at radius 1 is 0.500 bits per heavy atom. The first-order valence-electron chi connectivity index (χ1n) is 23.7. The lowest BCUT2D eigenvalue weighted by molar-refractivity contribution is 0.0686. The Labute approximate surface area is 440 Å². The molecule has 20 nitrogen and oxygen atoms in total. The molecule has 0 aliphatic rings. The standard InChI is InChI=1S/C54H56N8O12S2/c1-9-53(10-2,61-60-46-28-34(6)45(32-48(46)74-8)59-56-41-24-19-38(20-25-41)52(65)66)39-21-15-35(49(29-39)75(67,68)69)13-14-36-16-26-42(30-50(36)76(70,71)72)57-62-54(11-3,12-4)43-27-33(5)44(31-47(43)73-7)58-55-40-22-17-37(18-23-40)51(63)64/h13-32H,9-12H2,1-8H3,(H,63,64)(H,65,66)(H,67,68,69)(H,70,71,72). The third kappa shape index (κ3) is 13.2. The highest BCUT2D eigenvalue weighted by Gasteiger charge is 2.34. The number of carboxylic acid groups (broad SMARTS) is 2. The molecule has 6 rings (SSSR count). The lowest BCUT2D eigenvalue weighted by Crippen LogP contribution is -2.22. The number of carbonyl (C=O) groups is 2. The molecule has 76 heavy (non-hydrogen) atoms. The molecule has 396 valence electrons. The number of methoxy groups -OCH3 is 2. The molecule has 22 heteroatoms. The van der Waals surface area contributed by atoms with Gasteiger partial charge in [-0.1, -0.05) is 58.0 Å². The number of carboxylic acids is 2. The van der Waals surface area contributed by atoms with Crippen LogP contribution in [0.25, 0.3) is 12.2 Å². The van der Waals surface area contributed by atoms with Gasteiger partial charge in [0.15, 0.2) is 0 Å². The fourth-order valence-corrected chi connectivity index (χ4v) is 9.60. The zero-order valence-corrected chi connectivity index (χ0v) is 44.5. The maximum absolute atomic E-state index is 13.0. The van der Waals surface area contributed by atoms with Crippen LogP contribution in [0, 0.1) is 13.8 Å². The molecular weight excluding hydrogens is 1020 g/mol. The Bertz CT molecular complexity index is 3540. The first-order valence-corrected chi connectivity index (χ1v) is 26.6. The second-order valence-corrected chi connectivity index (χ2v) is 20.2. The fraction of sp³-hybridized carbons (Fsp3) is 0.259. The molecule has 6 aromatic carbocycles. The van der Waals surface area contributed by atoms with Crippen molar-refractivity contribution in [2.24, 2.45) is 40.9 Å². The summed E-state index contributed by atoms with van der Waals surface area (Å²) in [7, 11) is -6.86. The van der Waals surface area contributed by atoms with Crippen molar-refractivity contribution in [1.82, 2.24) is 0 Å². The molecule has 0 fully saturated rings. The van der Waals surface area contributed by atoms with Crippen LogP contribution in [0.5, 0.6) is 11.5 Å². The maximum Gasteiger partial charge on any atom is 0.335 e. The van der Waals surface area contributed by atoms with Crippen LogP contribution in [0.15, 0.2) is 160 Å². The Balaban J connectivity index is 1.29. The van der Waals surface area contributed by atoms with E-state index in [9.17, 15) is 45.7 Å². The molecule has 0 atom stereocenters. The minimum absolute atomic E-state index is 0.00368.